The second-order valence-electron chi connectivity index (χ2n) is 6.30. The maximum atomic E-state index is 12.2. The van der Waals surface area contributed by atoms with Gasteiger partial charge in [0.1, 0.15) is 0 Å². The lowest BCUT2D eigenvalue weighted by atomic mass is 10.1. The summed E-state index contributed by atoms with van der Waals surface area (Å²) in [7, 11) is 0. The summed E-state index contributed by atoms with van der Waals surface area (Å²) in [5.41, 5.74) is 3.64. The third-order valence-electron chi connectivity index (χ3n) is 4.48. The first-order valence-corrected chi connectivity index (χ1v) is 8.17. The first kappa shape index (κ1) is 16.2. The van der Waals surface area contributed by atoms with Crippen LogP contribution in [0.15, 0.2) is 30.3 Å². The second kappa shape index (κ2) is 6.86. The lowest BCUT2D eigenvalue weighted by molar-refractivity contribution is -0.121. The van der Waals surface area contributed by atoms with Gasteiger partial charge in [0.15, 0.2) is 0 Å². The molecule has 2 N–H and O–H groups in total. The van der Waals surface area contributed by atoms with E-state index in [1.54, 1.807) is 4.90 Å². The number of carbonyl (C=O) groups excluding carboxylic acids is 2. The summed E-state index contributed by atoms with van der Waals surface area (Å²) in [4.78, 5) is 26.1. The Morgan fingerprint density at radius 3 is 2.75 bits per heavy atom. The van der Waals surface area contributed by atoms with Crippen molar-refractivity contribution in [3.63, 3.8) is 0 Å². The Morgan fingerprint density at radius 2 is 2.08 bits per heavy atom. The molecule has 6 heteroatoms. The van der Waals surface area contributed by atoms with E-state index in [-0.39, 0.29) is 17.7 Å². The Bertz CT molecular complexity index is 719. The van der Waals surface area contributed by atoms with E-state index in [0.717, 1.165) is 22.6 Å². The van der Waals surface area contributed by atoms with Crippen molar-refractivity contribution in [1.29, 1.82) is 0 Å². The molecule has 24 heavy (non-hydrogen) atoms. The quantitative estimate of drug-likeness (QED) is 0.878. The monoisotopic (exact) mass is 326 g/mol. The third kappa shape index (κ3) is 3.48. The predicted molar refractivity (Wildman–Crippen MR) is 91.7 cm³/mol. The number of benzene rings is 1. The molecule has 2 amide bonds. The minimum Gasteiger partial charge on any atom is -0.355 e. The first-order valence-electron chi connectivity index (χ1n) is 8.17. The number of aromatic nitrogens is 2. The van der Waals surface area contributed by atoms with Crippen LogP contribution in [0.5, 0.6) is 0 Å². The number of H-pyrrole nitrogens is 1. The number of amides is 2. The van der Waals surface area contributed by atoms with Crippen LogP contribution in [0.2, 0.25) is 0 Å². The lowest BCUT2D eigenvalue weighted by Gasteiger charge is -2.16. The molecule has 1 atom stereocenters. The standard InChI is InChI=1S/C18H22N4O2/c1-12-16(13(2)21-20-12)9-17(23)19-10-14-8-18(24)22(11-14)15-6-4-3-5-7-15/h3-7,14H,8-11H2,1-2H3,(H,19,23)(H,20,21)/t14-/m1/s1. The summed E-state index contributed by atoms with van der Waals surface area (Å²) in [6, 6.07) is 9.65. The SMILES string of the molecule is Cc1n[nH]c(C)c1CC(=O)NC[C@H]1CC(=O)N(c2ccccc2)C1. The molecular formula is C18H22N4O2. The zero-order valence-electron chi connectivity index (χ0n) is 14.0. The van der Waals surface area contributed by atoms with Crippen molar-refractivity contribution in [3.05, 3.63) is 47.3 Å². The van der Waals surface area contributed by atoms with Crippen molar-refractivity contribution in [1.82, 2.24) is 15.5 Å². The molecule has 0 radical (unpaired) electrons. The van der Waals surface area contributed by atoms with E-state index in [1.807, 2.05) is 44.2 Å². The van der Waals surface area contributed by atoms with Crippen LogP contribution in [-0.2, 0) is 16.0 Å². The molecule has 0 unspecified atom stereocenters. The second-order valence-corrected chi connectivity index (χ2v) is 6.30. The van der Waals surface area contributed by atoms with Gasteiger partial charge in [0.2, 0.25) is 11.8 Å². The van der Waals surface area contributed by atoms with Crippen LogP contribution in [0, 0.1) is 19.8 Å². The van der Waals surface area contributed by atoms with Gasteiger partial charge in [0.05, 0.1) is 12.1 Å². The normalized spacial score (nSPS) is 17.3. The molecule has 0 saturated carbocycles. The molecule has 0 bridgehead atoms. The fourth-order valence-corrected chi connectivity index (χ4v) is 3.09. The Balaban J connectivity index is 1.52. The van der Waals surface area contributed by atoms with Crippen LogP contribution in [0.3, 0.4) is 0 Å². The molecular weight excluding hydrogens is 304 g/mol. The minimum atomic E-state index is -0.0341. The van der Waals surface area contributed by atoms with E-state index in [2.05, 4.69) is 15.5 Å². The number of hydrogen-bond acceptors (Lipinski definition) is 3. The van der Waals surface area contributed by atoms with Gasteiger partial charge in [0, 0.05) is 42.4 Å². The van der Waals surface area contributed by atoms with Crippen molar-refractivity contribution >= 4 is 17.5 Å². The molecule has 1 saturated heterocycles. The Kier molecular flexibility index (Phi) is 4.64. The summed E-state index contributed by atoms with van der Waals surface area (Å²) < 4.78 is 0. The van der Waals surface area contributed by atoms with Crippen molar-refractivity contribution in [2.24, 2.45) is 5.92 Å². The molecule has 1 aromatic heterocycles. The molecule has 1 aliphatic rings. The summed E-state index contributed by atoms with van der Waals surface area (Å²) >= 11 is 0. The maximum absolute atomic E-state index is 12.2. The summed E-state index contributed by atoms with van der Waals surface area (Å²) in [5, 5.41) is 9.94. The summed E-state index contributed by atoms with van der Waals surface area (Å²) in [5.74, 6) is 0.225. The van der Waals surface area contributed by atoms with E-state index in [0.29, 0.717) is 25.9 Å². The van der Waals surface area contributed by atoms with E-state index < -0.39 is 0 Å². The van der Waals surface area contributed by atoms with E-state index in [4.69, 9.17) is 0 Å². The molecule has 1 aromatic carbocycles. The lowest BCUT2D eigenvalue weighted by Crippen LogP contribution is -2.32. The van der Waals surface area contributed by atoms with Gasteiger partial charge < -0.3 is 10.2 Å². The van der Waals surface area contributed by atoms with Gasteiger partial charge in [-0.2, -0.15) is 5.10 Å². The Morgan fingerprint density at radius 1 is 1.33 bits per heavy atom. The minimum absolute atomic E-state index is 0.0341. The summed E-state index contributed by atoms with van der Waals surface area (Å²) in [6.45, 7) is 4.96. The average molecular weight is 326 g/mol. The number of para-hydroxylation sites is 1. The van der Waals surface area contributed by atoms with Crippen LogP contribution in [0.4, 0.5) is 5.69 Å². The van der Waals surface area contributed by atoms with E-state index in [1.165, 1.54) is 0 Å². The number of anilines is 1. The highest BCUT2D eigenvalue weighted by Gasteiger charge is 2.30. The fourth-order valence-electron chi connectivity index (χ4n) is 3.09. The number of nitrogens with zero attached hydrogens (tertiary/aromatic N) is 2. The average Bonchev–Trinajstić information content (AvgIpc) is 3.11. The van der Waals surface area contributed by atoms with Crippen LogP contribution in [0.1, 0.15) is 23.4 Å². The molecule has 1 aliphatic heterocycles. The number of carbonyl (C=O) groups is 2. The van der Waals surface area contributed by atoms with Gasteiger partial charge in [-0.3, -0.25) is 14.7 Å². The highest BCUT2D eigenvalue weighted by atomic mass is 16.2. The van der Waals surface area contributed by atoms with Gasteiger partial charge in [-0.1, -0.05) is 18.2 Å². The largest absolute Gasteiger partial charge is 0.355 e. The number of hydrogen-bond donors (Lipinski definition) is 2. The molecule has 3 rings (SSSR count). The fraction of sp³-hybridized carbons (Fsp3) is 0.389. The van der Waals surface area contributed by atoms with Gasteiger partial charge in [-0.05, 0) is 26.0 Å². The molecule has 6 nitrogen and oxygen atoms in total. The molecule has 0 spiro atoms. The van der Waals surface area contributed by atoms with E-state index >= 15 is 0 Å². The van der Waals surface area contributed by atoms with Gasteiger partial charge >= 0.3 is 0 Å². The summed E-state index contributed by atoms with van der Waals surface area (Å²) in [6.07, 6.45) is 0.788. The highest BCUT2D eigenvalue weighted by molar-refractivity contribution is 5.95. The number of aromatic amines is 1. The van der Waals surface area contributed by atoms with Gasteiger partial charge in [0.25, 0.3) is 0 Å². The number of aryl methyl sites for hydroxylation is 2. The smallest absolute Gasteiger partial charge is 0.227 e. The Hall–Kier alpha value is -2.63. The van der Waals surface area contributed by atoms with Crippen LogP contribution < -0.4 is 10.2 Å². The van der Waals surface area contributed by atoms with Crippen molar-refractivity contribution in [3.8, 4) is 0 Å². The molecule has 2 heterocycles. The molecule has 1 fully saturated rings. The van der Waals surface area contributed by atoms with Crippen molar-refractivity contribution < 1.29 is 9.59 Å². The van der Waals surface area contributed by atoms with E-state index in [9.17, 15) is 9.59 Å². The zero-order chi connectivity index (χ0) is 17.1. The topological polar surface area (TPSA) is 78.1 Å². The van der Waals surface area contributed by atoms with Crippen LogP contribution in [0.25, 0.3) is 0 Å². The molecule has 0 aliphatic carbocycles. The maximum Gasteiger partial charge on any atom is 0.227 e. The van der Waals surface area contributed by atoms with Crippen molar-refractivity contribution in [2.75, 3.05) is 18.0 Å². The van der Waals surface area contributed by atoms with Gasteiger partial charge in [-0.25, -0.2) is 0 Å². The first-order chi connectivity index (χ1) is 11.5. The Labute approximate surface area is 141 Å². The zero-order valence-corrected chi connectivity index (χ0v) is 14.0. The van der Waals surface area contributed by atoms with Crippen LogP contribution in [-0.4, -0.2) is 35.1 Å². The number of nitrogens with one attached hydrogen (secondary N) is 2. The predicted octanol–water partition coefficient (Wildman–Crippen LogP) is 1.74. The highest BCUT2D eigenvalue weighted by Crippen LogP contribution is 2.24. The third-order valence-corrected chi connectivity index (χ3v) is 4.48. The molecule has 126 valence electrons. The van der Waals surface area contributed by atoms with Gasteiger partial charge in [-0.15, -0.1) is 0 Å². The molecule has 2 aromatic rings. The van der Waals surface area contributed by atoms with Crippen molar-refractivity contribution in [2.45, 2.75) is 26.7 Å². The van der Waals surface area contributed by atoms with Crippen LogP contribution >= 0.6 is 0 Å². The number of rotatable bonds is 5.